The molecular formula is C18H27N3O4S. The lowest BCUT2D eigenvalue weighted by atomic mass is 10.1. The van der Waals surface area contributed by atoms with Crippen molar-refractivity contribution < 1.29 is 18.0 Å². The van der Waals surface area contributed by atoms with Crippen LogP contribution in [0.3, 0.4) is 0 Å². The molecule has 0 radical (unpaired) electrons. The lowest BCUT2D eigenvalue weighted by Crippen LogP contribution is -2.49. The maximum absolute atomic E-state index is 13.2. The van der Waals surface area contributed by atoms with Crippen LogP contribution in [0.4, 0.5) is 0 Å². The highest BCUT2D eigenvalue weighted by atomic mass is 32.2. The van der Waals surface area contributed by atoms with E-state index < -0.39 is 22.0 Å². The van der Waals surface area contributed by atoms with Crippen molar-refractivity contribution in [3.05, 3.63) is 23.9 Å². The Morgan fingerprint density at radius 2 is 2.12 bits per heavy atom. The highest BCUT2D eigenvalue weighted by molar-refractivity contribution is 7.89. The molecule has 8 heteroatoms. The Balaban J connectivity index is 2.44. The number of ketones is 1. The molecule has 1 aromatic heterocycles. The lowest BCUT2D eigenvalue weighted by Gasteiger charge is -2.29. The summed E-state index contributed by atoms with van der Waals surface area (Å²) < 4.78 is 27.2. The van der Waals surface area contributed by atoms with Gasteiger partial charge in [-0.25, -0.2) is 9.29 Å². The second kappa shape index (κ2) is 8.73. The van der Waals surface area contributed by atoms with Crippen molar-refractivity contribution >= 4 is 21.7 Å². The van der Waals surface area contributed by atoms with Crippen molar-refractivity contribution in [2.24, 2.45) is 5.92 Å². The minimum absolute atomic E-state index is 0.0649. The van der Waals surface area contributed by atoms with Gasteiger partial charge in [-0.2, -0.15) is 8.42 Å². The summed E-state index contributed by atoms with van der Waals surface area (Å²) >= 11 is 0. The summed E-state index contributed by atoms with van der Waals surface area (Å²) in [5.41, 5.74) is 0.537. The monoisotopic (exact) mass is 381 g/mol. The SMILES string of the molecule is Cc1cccc(S(=O)(=O)N(C(=O)CCC(C)C)[C@H]2CCCNCC2=O)n1. The second-order valence-corrected chi connectivity index (χ2v) is 8.81. The first-order valence-electron chi connectivity index (χ1n) is 8.98. The normalized spacial score (nSPS) is 18.6. The third kappa shape index (κ3) is 4.88. The number of rotatable bonds is 6. The molecule has 0 spiro atoms. The quantitative estimate of drug-likeness (QED) is 0.805. The van der Waals surface area contributed by atoms with Crippen molar-refractivity contribution in [2.75, 3.05) is 13.1 Å². The smallest absolute Gasteiger partial charge is 0.284 e. The van der Waals surface area contributed by atoms with Gasteiger partial charge in [-0.15, -0.1) is 0 Å². The van der Waals surface area contributed by atoms with Gasteiger partial charge in [-0.3, -0.25) is 9.59 Å². The molecule has 7 nitrogen and oxygen atoms in total. The van der Waals surface area contributed by atoms with E-state index in [9.17, 15) is 18.0 Å². The zero-order valence-corrected chi connectivity index (χ0v) is 16.4. The van der Waals surface area contributed by atoms with E-state index >= 15 is 0 Å². The molecule has 0 aromatic carbocycles. The number of aromatic nitrogens is 1. The summed E-state index contributed by atoms with van der Waals surface area (Å²) in [4.78, 5) is 29.4. The number of carbonyl (C=O) groups is 2. The van der Waals surface area contributed by atoms with Gasteiger partial charge in [0.15, 0.2) is 10.8 Å². The molecular weight excluding hydrogens is 354 g/mol. The summed E-state index contributed by atoms with van der Waals surface area (Å²) in [6.07, 6.45) is 1.59. The fourth-order valence-corrected chi connectivity index (χ4v) is 4.55. The summed E-state index contributed by atoms with van der Waals surface area (Å²) in [5.74, 6) is -0.564. The number of carbonyl (C=O) groups excluding carboxylic acids is 2. The average Bonchev–Trinajstić information content (AvgIpc) is 2.78. The van der Waals surface area contributed by atoms with Crippen LogP contribution in [0, 0.1) is 12.8 Å². The van der Waals surface area contributed by atoms with E-state index in [4.69, 9.17) is 0 Å². The second-order valence-electron chi connectivity index (χ2n) is 7.05. The van der Waals surface area contributed by atoms with Gasteiger partial charge in [-0.05, 0) is 50.8 Å². The van der Waals surface area contributed by atoms with E-state index in [2.05, 4.69) is 10.3 Å². The summed E-state index contributed by atoms with van der Waals surface area (Å²) in [6.45, 7) is 6.31. The van der Waals surface area contributed by atoms with Crippen LogP contribution in [-0.2, 0) is 19.6 Å². The predicted molar refractivity (Wildman–Crippen MR) is 98.0 cm³/mol. The van der Waals surface area contributed by atoms with Crippen LogP contribution in [-0.4, -0.2) is 48.5 Å². The number of hydrogen-bond acceptors (Lipinski definition) is 6. The first-order valence-corrected chi connectivity index (χ1v) is 10.4. The molecule has 0 aliphatic carbocycles. The van der Waals surface area contributed by atoms with Gasteiger partial charge in [-0.1, -0.05) is 19.9 Å². The van der Waals surface area contributed by atoms with Gasteiger partial charge in [0, 0.05) is 12.1 Å². The Morgan fingerprint density at radius 1 is 1.38 bits per heavy atom. The van der Waals surface area contributed by atoms with Gasteiger partial charge in [0.05, 0.1) is 6.54 Å². The molecule has 1 atom stereocenters. The molecule has 1 saturated heterocycles. The Morgan fingerprint density at radius 3 is 2.77 bits per heavy atom. The number of pyridine rings is 1. The molecule has 1 aliphatic heterocycles. The summed E-state index contributed by atoms with van der Waals surface area (Å²) in [6, 6.07) is 3.66. The van der Waals surface area contributed by atoms with Crippen molar-refractivity contribution in [1.29, 1.82) is 0 Å². The summed E-state index contributed by atoms with van der Waals surface area (Å²) in [5, 5.41) is 2.78. The Labute approximate surface area is 155 Å². The number of aryl methyl sites for hydroxylation is 1. The largest absolute Gasteiger partial charge is 0.310 e. The molecule has 26 heavy (non-hydrogen) atoms. The highest BCUT2D eigenvalue weighted by Gasteiger charge is 2.40. The van der Waals surface area contributed by atoms with Crippen LogP contribution < -0.4 is 5.32 Å². The number of hydrogen-bond donors (Lipinski definition) is 1. The van der Waals surface area contributed by atoms with Crippen LogP contribution in [0.15, 0.2) is 23.2 Å². The van der Waals surface area contributed by atoms with Crippen LogP contribution in [0.25, 0.3) is 0 Å². The maximum Gasteiger partial charge on any atom is 0.284 e. The van der Waals surface area contributed by atoms with Crippen LogP contribution >= 0.6 is 0 Å². The van der Waals surface area contributed by atoms with E-state index in [1.165, 1.54) is 6.07 Å². The standard InChI is InChI=1S/C18H27N3O4S/c1-13(2)9-10-18(23)21(15-7-5-11-19-12-16(15)22)26(24,25)17-8-4-6-14(3)20-17/h4,6,8,13,15,19H,5,7,9-12H2,1-3H3/t15-/m0/s1. The summed E-state index contributed by atoms with van der Waals surface area (Å²) in [7, 11) is -4.20. The third-order valence-electron chi connectivity index (χ3n) is 4.35. The zero-order chi connectivity index (χ0) is 19.3. The fourth-order valence-electron chi connectivity index (χ4n) is 2.92. The molecule has 1 aliphatic rings. The molecule has 0 unspecified atom stereocenters. The van der Waals surface area contributed by atoms with Crippen molar-refractivity contribution in [1.82, 2.24) is 14.6 Å². The first-order chi connectivity index (χ1) is 12.2. The minimum atomic E-state index is -4.20. The Kier molecular flexibility index (Phi) is 6.88. The van der Waals surface area contributed by atoms with Gasteiger partial charge < -0.3 is 5.32 Å². The molecule has 0 bridgehead atoms. The van der Waals surface area contributed by atoms with E-state index in [-0.39, 0.29) is 29.7 Å². The van der Waals surface area contributed by atoms with E-state index in [0.29, 0.717) is 31.5 Å². The van der Waals surface area contributed by atoms with E-state index in [1.54, 1.807) is 19.1 Å². The van der Waals surface area contributed by atoms with Crippen LogP contribution in [0.2, 0.25) is 0 Å². The number of amides is 1. The number of sulfonamides is 1. The highest BCUT2D eigenvalue weighted by Crippen LogP contribution is 2.23. The van der Waals surface area contributed by atoms with Crippen LogP contribution in [0.1, 0.15) is 45.2 Å². The zero-order valence-electron chi connectivity index (χ0n) is 15.6. The molecule has 1 amide bonds. The molecule has 0 saturated carbocycles. The average molecular weight is 381 g/mol. The number of Topliss-reactive ketones (excluding diaryl/α,β-unsaturated/α-hetero) is 1. The third-order valence-corrected chi connectivity index (χ3v) is 6.08. The Hall–Kier alpha value is -1.80. The molecule has 1 aromatic rings. The van der Waals surface area contributed by atoms with Crippen LogP contribution in [0.5, 0.6) is 0 Å². The maximum atomic E-state index is 13.2. The van der Waals surface area contributed by atoms with Gasteiger partial charge in [0.1, 0.15) is 6.04 Å². The van der Waals surface area contributed by atoms with Gasteiger partial charge >= 0.3 is 0 Å². The molecule has 144 valence electrons. The first kappa shape index (κ1) is 20.5. The van der Waals surface area contributed by atoms with E-state index in [0.717, 1.165) is 4.31 Å². The molecule has 2 rings (SSSR count). The van der Waals surface area contributed by atoms with Crippen molar-refractivity contribution in [3.63, 3.8) is 0 Å². The minimum Gasteiger partial charge on any atom is -0.310 e. The number of nitrogens with one attached hydrogen (secondary N) is 1. The lowest BCUT2D eigenvalue weighted by molar-refractivity contribution is -0.134. The van der Waals surface area contributed by atoms with Crippen molar-refractivity contribution in [2.45, 2.75) is 57.5 Å². The fraction of sp³-hybridized carbons (Fsp3) is 0.611. The molecule has 2 heterocycles. The van der Waals surface area contributed by atoms with Gasteiger partial charge in [0.2, 0.25) is 5.91 Å². The Bertz CT molecular complexity index is 761. The number of nitrogens with zero attached hydrogens (tertiary/aromatic N) is 2. The van der Waals surface area contributed by atoms with E-state index in [1.807, 2.05) is 13.8 Å². The van der Waals surface area contributed by atoms with Gasteiger partial charge in [0.25, 0.3) is 10.0 Å². The molecule has 1 fully saturated rings. The predicted octanol–water partition coefficient (Wildman–Crippen LogP) is 1.66. The van der Waals surface area contributed by atoms with Crippen molar-refractivity contribution in [3.8, 4) is 0 Å². The topological polar surface area (TPSA) is 96.4 Å². The molecule has 1 N–H and O–H groups in total.